The average molecular weight is 469 g/mol. The summed E-state index contributed by atoms with van der Waals surface area (Å²) in [6.07, 6.45) is 10.2. The van der Waals surface area contributed by atoms with Crippen molar-refractivity contribution in [3.05, 3.63) is 107 Å². The van der Waals surface area contributed by atoms with Crippen molar-refractivity contribution in [2.45, 2.75) is 32.7 Å². The molecule has 0 spiro atoms. The van der Waals surface area contributed by atoms with Crippen LogP contribution in [0.3, 0.4) is 0 Å². The summed E-state index contributed by atoms with van der Waals surface area (Å²) in [7, 11) is 2.16. The molecule has 0 bridgehead atoms. The van der Waals surface area contributed by atoms with Gasteiger partial charge in [-0.2, -0.15) is 5.26 Å². The molecule has 2 unspecified atom stereocenters. The number of nitrogens with zero attached hydrogens (tertiary/aromatic N) is 2. The van der Waals surface area contributed by atoms with Crippen molar-refractivity contribution in [2.75, 3.05) is 26.7 Å². The molecule has 2 atom stereocenters. The van der Waals surface area contributed by atoms with Crippen molar-refractivity contribution in [1.82, 2.24) is 15.5 Å². The number of carbonyl (C=O) groups excluding carboxylic acids is 1. The van der Waals surface area contributed by atoms with E-state index in [1.165, 1.54) is 5.57 Å². The largest absolute Gasteiger partial charge is 0.325 e. The number of carbonyl (C=O) groups is 1. The molecule has 2 aromatic carbocycles. The highest BCUT2D eigenvalue weighted by Gasteiger charge is 2.22. The average Bonchev–Trinajstić information content (AvgIpc) is 3.32. The quantitative estimate of drug-likeness (QED) is 0.487. The minimum atomic E-state index is -0.470. The third-order valence-electron chi connectivity index (χ3n) is 6.47. The Labute approximate surface area is 209 Å². The summed E-state index contributed by atoms with van der Waals surface area (Å²) >= 11 is 0. The Bertz CT molecular complexity index is 1090. The number of hydrogen-bond acceptors (Lipinski definition) is 4. The van der Waals surface area contributed by atoms with Gasteiger partial charge in [-0.1, -0.05) is 60.7 Å². The van der Waals surface area contributed by atoms with E-state index in [9.17, 15) is 4.79 Å². The van der Waals surface area contributed by atoms with E-state index >= 15 is 0 Å². The zero-order valence-corrected chi connectivity index (χ0v) is 21.0. The Morgan fingerprint density at radius 2 is 1.86 bits per heavy atom. The number of hydrogen-bond donors (Lipinski definition) is 2. The van der Waals surface area contributed by atoms with Gasteiger partial charge in [-0.05, 0) is 81.1 Å². The molecule has 1 heterocycles. The number of amides is 1. The van der Waals surface area contributed by atoms with Crippen LogP contribution in [0, 0.1) is 17.2 Å². The lowest BCUT2D eigenvalue weighted by Crippen LogP contribution is -2.37. The van der Waals surface area contributed by atoms with E-state index in [0.29, 0.717) is 18.0 Å². The van der Waals surface area contributed by atoms with Gasteiger partial charge >= 0.3 is 0 Å². The first kappa shape index (κ1) is 26.2. The summed E-state index contributed by atoms with van der Waals surface area (Å²) < 4.78 is 0. The highest BCUT2D eigenvalue weighted by atomic mass is 16.2. The number of nitriles is 1. The molecule has 5 nitrogen and oxygen atoms in total. The molecule has 1 amide bonds. The van der Waals surface area contributed by atoms with Gasteiger partial charge in [0, 0.05) is 18.8 Å². The molecule has 1 fully saturated rings. The van der Waals surface area contributed by atoms with Crippen LogP contribution in [0.4, 0.5) is 0 Å². The Morgan fingerprint density at radius 3 is 2.46 bits per heavy atom. The van der Waals surface area contributed by atoms with E-state index in [0.717, 1.165) is 42.8 Å². The number of nitrogens with one attached hydrogen (secondary N) is 2. The number of likely N-dealkylation sites (tertiary alicyclic amines) is 1. The maximum absolute atomic E-state index is 13.3. The van der Waals surface area contributed by atoms with E-state index in [1.807, 2.05) is 73.7 Å². The first-order valence-electron chi connectivity index (χ1n) is 12.3. The monoisotopic (exact) mass is 468 g/mol. The lowest BCUT2D eigenvalue weighted by molar-refractivity contribution is -0.122. The van der Waals surface area contributed by atoms with Gasteiger partial charge in [0.25, 0.3) is 0 Å². The normalized spacial score (nSPS) is 17.9. The molecule has 0 saturated carbocycles. The molecular formula is C30H36N4O. The van der Waals surface area contributed by atoms with Crippen LogP contribution in [-0.2, 0) is 11.2 Å². The predicted molar refractivity (Wildman–Crippen MR) is 142 cm³/mol. The van der Waals surface area contributed by atoms with Gasteiger partial charge in [0.2, 0.25) is 5.91 Å². The zero-order chi connectivity index (χ0) is 25.0. The predicted octanol–water partition coefficient (Wildman–Crippen LogP) is 4.91. The minimum Gasteiger partial charge on any atom is -0.325 e. The van der Waals surface area contributed by atoms with Gasteiger partial charge in [0.05, 0.1) is 11.6 Å². The van der Waals surface area contributed by atoms with Crippen LogP contribution >= 0.6 is 0 Å². The van der Waals surface area contributed by atoms with Gasteiger partial charge < -0.3 is 15.5 Å². The molecule has 1 aliphatic rings. The molecule has 1 aliphatic heterocycles. The SMILES string of the molecule is C\C=C(/C=C\C(=C/C)C1CCN(C)C1)NC(=O)C(NCCc1ccc(C#N)cc1)c1ccccc1. The molecule has 0 aliphatic carbocycles. The van der Waals surface area contributed by atoms with Crippen molar-refractivity contribution in [3.8, 4) is 6.07 Å². The van der Waals surface area contributed by atoms with Gasteiger partial charge in [-0.15, -0.1) is 0 Å². The molecule has 5 heteroatoms. The van der Waals surface area contributed by atoms with E-state index in [1.54, 1.807) is 0 Å². The molecular weight excluding hydrogens is 432 g/mol. The summed E-state index contributed by atoms with van der Waals surface area (Å²) in [5.41, 5.74) is 4.79. The van der Waals surface area contributed by atoms with Gasteiger partial charge in [-0.3, -0.25) is 4.79 Å². The van der Waals surface area contributed by atoms with Crippen LogP contribution in [0.25, 0.3) is 0 Å². The Balaban J connectivity index is 1.65. The second-order valence-electron chi connectivity index (χ2n) is 8.96. The Hall–Kier alpha value is -3.46. The molecule has 0 aromatic heterocycles. The Kier molecular flexibility index (Phi) is 10.0. The van der Waals surface area contributed by atoms with E-state index < -0.39 is 6.04 Å². The lowest BCUT2D eigenvalue weighted by Gasteiger charge is -2.19. The first-order chi connectivity index (χ1) is 17.0. The highest BCUT2D eigenvalue weighted by molar-refractivity contribution is 5.85. The summed E-state index contributed by atoms with van der Waals surface area (Å²) in [6, 6.07) is 19.0. The third kappa shape index (κ3) is 7.78. The van der Waals surface area contributed by atoms with Crippen molar-refractivity contribution in [2.24, 2.45) is 5.92 Å². The fourth-order valence-electron chi connectivity index (χ4n) is 4.40. The minimum absolute atomic E-state index is 0.0867. The van der Waals surface area contributed by atoms with E-state index in [2.05, 4.69) is 47.7 Å². The number of rotatable bonds is 10. The maximum Gasteiger partial charge on any atom is 0.246 e. The number of benzene rings is 2. The van der Waals surface area contributed by atoms with Crippen molar-refractivity contribution < 1.29 is 4.79 Å². The number of allylic oxidation sites excluding steroid dienone is 4. The standard InChI is InChI=1S/C30H36N4O/c1-4-25(27-18-20-34(3)22-27)15-16-28(5-2)33-30(35)29(26-9-7-6-8-10-26)32-19-17-23-11-13-24(21-31)14-12-23/h4-16,27,29,32H,17-20,22H2,1-3H3,(H,33,35)/b16-15-,25-4+,28-5+. The molecule has 3 rings (SSSR count). The summed E-state index contributed by atoms with van der Waals surface area (Å²) in [6.45, 7) is 6.85. The smallest absolute Gasteiger partial charge is 0.246 e. The van der Waals surface area contributed by atoms with E-state index in [4.69, 9.17) is 5.26 Å². The lowest BCUT2D eigenvalue weighted by atomic mass is 9.97. The second-order valence-corrected chi connectivity index (χ2v) is 8.96. The molecule has 2 N–H and O–H groups in total. The van der Waals surface area contributed by atoms with Gasteiger partial charge in [0.15, 0.2) is 0 Å². The highest BCUT2D eigenvalue weighted by Crippen LogP contribution is 2.24. The second kappa shape index (κ2) is 13.4. The van der Waals surface area contributed by atoms with Crippen molar-refractivity contribution >= 4 is 5.91 Å². The Morgan fingerprint density at radius 1 is 1.11 bits per heavy atom. The summed E-state index contributed by atoms with van der Waals surface area (Å²) in [4.78, 5) is 15.7. The van der Waals surface area contributed by atoms with Crippen molar-refractivity contribution in [1.29, 1.82) is 5.26 Å². The van der Waals surface area contributed by atoms with Crippen LogP contribution in [0.2, 0.25) is 0 Å². The third-order valence-corrected chi connectivity index (χ3v) is 6.47. The maximum atomic E-state index is 13.3. The summed E-state index contributed by atoms with van der Waals surface area (Å²) in [5.74, 6) is 0.451. The van der Waals surface area contributed by atoms with Gasteiger partial charge in [-0.25, -0.2) is 0 Å². The zero-order valence-electron chi connectivity index (χ0n) is 21.0. The fourth-order valence-corrected chi connectivity index (χ4v) is 4.40. The van der Waals surface area contributed by atoms with E-state index in [-0.39, 0.29) is 5.91 Å². The molecule has 1 saturated heterocycles. The fraction of sp³-hybridized carbons (Fsp3) is 0.333. The molecule has 35 heavy (non-hydrogen) atoms. The van der Waals surface area contributed by atoms with Crippen LogP contribution in [-0.4, -0.2) is 37.5 Å². The van der Waals surface area contributed by atoms with Crippen LogP contribution in [0.1, 0.15) is 43.0 Å². The van der Waals surface area contributed by atoms with Crippen LogP contribution < -0.4 is 10.6 Å². The molecule has 182 valence electrons. The van der Waals surface area contributed by atoms with Crippen LogP contribution in [0.5, 0.6) is 0 Å². The molecule has 2 aromatic rings. The van der Waals surface area contributed by atoms with Crippen molar-refractivity contribution in [3.63, 3.8) is 0 Å². The summed E-state index contributed by atoms with van der Waals surface area (Å²) in [5, 5.41) is 15.5. The molecule has 0 radical (unpaired) electrons. The van der Waals surface area contributed by atoms with Crippen LogP contribution in [0.15, 0.2) is 90.2 Å². The van der Waals surface area contributed by atoms with Gasteiger partial charge in [0.1, 0.15) is 6.04 Å². The topological polar surface area (TPSA) is 68.2 Å². The first-order valence-corrected chi connectivity index (χ1v) is 12.3.